The van der Waals surface area contributed by atoms with Crippen molar-refractivity contribution in [2.75, 3.05) is 13.2 Å². The number of rotatable bonds is 7. The fraction of sp³-hybridized carbons (Fsp3) is 0.312. The molecule has 0 aromatic heterocycles. The van der Waals surface area contributed by atoms with Crippen LogP contribution in [0.25, 0.3) is 6.08 Å². The molecule has 1 saturated heterocycles. The van der Waals surface area contributed by atoms with Gasteiger partial charge < -0.3 is 14.6 Å². The van der Waals surface area contributed by atoms with E-state index >= 15 is 0 Å². The standard InChI is InChI=1S/C16H17NO4S2/c1-2-9-21-12-6-4-3-5-11(12)10-13-15(20)17(16(22)23-13)8-7-14(18)19/h3-6,10H,2,7-9H2,1H3,(H,18,19)/p-1/b13-10-. The molecule has 5 nitrogen and oxygen atoms in total. The molecule has 0 saturated carbocycles. The molecule has 1 aliphatic heterocycles. The highest BCUT2D eigenvalue weighted by molar-refractivity contribution is 8.26. The topological polar surface area (TPSA) is 69.7 Å². The number of hydrogen-bond acceptors (Lipinski definition) is 6. The summed E-state index contributed by atoms with van der Waals surface area (Å²) in [4.78, 5) is 24.7. The molecular formula is C16H16NO4S2-. The second-order valence-corrected chi connectivity index (χ2v) is 6.52. The van der Waals surface area contributed by atoms with Crippen LogP contribution in [0.4, 0.5) is 0 Å². The highest BCUT2D eigenvalue weighted by Crippen LogP contribution is 2.34. The fourth-order valence-corrected chi connectivity index (χ4v) is 3.28. The summed E-state index contributed by atoms with van der Waals surface area (Å²) in [5.74, 6) is -0.790. The lowest BCUT2D eigenvalue weighted by Crippen LogP contribution is -2.33. The molecule has 0 bridgehead atoms. The number of carbonyl (C=O) groups excluding carboxylic acids is 2. The van der Waals surface area contributed by atoms with Gasteiger partial charge in [-0.2, -0.15) is 0 Å². The van der Waals surface area contributed by atoms with Crippen LogP contribution in [0.3, 0.4) is 0 Å². The summed E-state index contributed by atoms with van der Waals surface area (Å²) in [5.41, 5.74) is 0.793. The molecule has 0 N–H and O–H groups in total. The summed E-state index contributed by atoms with van der Waals surface area (Å²) in [7, 11) is 0. The lowest BCUT2D eigenvalue weighted by Gasteiger charge is -2.14. The van der Waals surface area contributed by atoms with Crippen molar-refractivity contribution in [3.05, 3.63) is 34.7 Å². The van der Waals surface area contributed by atoms with Crippen LogP contribution in [0.15, 0.2) is 29.2 Å². The Morgan fingerprint density at radius 1 is 1.43 bits per heavy atom. The van der Waals surface area contributed by atoms with Crippen molar-refractivity contribution >= 4 is 46.3 Å². The third-order valence-corrected chi connectivity index (χ3v) is 4.46. The van der Waals surface area contributed by atoms with Crippen LogP contribution < -0.4 is 9.84 Å². The number of thiocarbonyl (C=S) groups is 1. The van der Waals surface area contributed by atoms with Crippen molar-refractivity contribution in [3.63, 3.8) is 0 Å². The van der Waals surface area contributed by atoms with Crippen molar-refractivity contribution < 1.29 is 19.4 Å². The predicted octanol–water partition coefficient (Wildman–Crippen LogP) is 1.82. The Balaban J connectivity index is 2.19. The van der Waals surface area contributed by atoms with E-state index < -0.39 is 5.97 Å². The van der Waals surface area contributed by atoms with Crippen molar-refractivity contribution in [1.29, 1.82) is 0 Å². The molecule has 7 heteroatoms. The van der Waals surface area contributed by atoms with Gasteiger partial charge in [0.2, 0.25) is 0 Å². The Kier molecular flexibility index (Phi) is 6.18. The summed E-state index contributed by atoms with van der Waals surface area (Å²) >= 11 is 6.31. The van der Waals surface area contributed by atoms with Gasteiger partial charge in [0.15, 0.2) is 0 Å². The zero-order chi connectivity index (χ0) is 16.8. The van der Waals surface area contributed by atoms with Crippen LogP contribution >= 0.6 is 24.0 Å². The summed E-state index contributed by atoms with van der Waals surface area (Å²) in [6.07, 6.45) is 2.37. The van der Waals surface area contributed by atoms with E-state index in [1.165, 1.54) is 4.90 Å². The highest BCUT2D eigenvalue weighted by Gasteiger charge is 2.31. The van der Waals surface area contributed by atoms with E-state index in [4.69, 9.17) is 17.0 Å². The molecule has 23 heavy (non-hydrogen) atoms. The van der Waals surface area contributed by atoms with Gasteiger partial charge in [0, 0.05) is 24.5 Å². The van der Waals surface area contributed by atoms with Gasteiger partial charge in [-0.25, -0.2) is 0 Å². The molecule has 122 valence electrons. The van der Waals surface area contributed by atoms with Crippen LogP contribution in [-0.2, 0) is 9.59 Å². The number of ether oxygens (including phenoxy) is 1. The summed E-state index contributed by atoms with van der Waals surface area (Å²) < 4.78 is 6.02. The number of benzene rings is 1. The van der Waals surface area contributed by atoms with Gasteiger partial charge in [-0.3, -0.25) is 9.69 Å². The Hall–Kier alpha value is -1.86. The van der Waals surface area contributed by atoms with Gasteiger partial charge in [-0.1, -0.05) is 49.1 Å². The molecule has 0 spiro atoms. The Morgan fingerprint density at radius 2 is 2.17 bits per heavy atom. The Labute approximate surface area is 144 Å². The second kappa shape index (κ2) is 8.12. The molecule has 1 amide bonds. The molecule has 1 aliphatic rings. The first-order valence-electron chi connectivity index (χ1n) is 7.20. The van der Waals surface area contributed by atoms with E-state index in [-0.39, 0.29) is 18.9 Å². The number of carboxylic acid groups (broad SMARTS) is 1. The number of carbonyl (C=O) groups is 2. The monoisotopic (exact) mass is 350 g/mol. The number of carboxylic acids is 1. The van der Waals surface area contributed by atoms with Crippen molar-refractivity contribution in [3.8, 4) is 5.75 Å². The average molecular weight is 350 g/mol. The number of nitrogens with zero attached hydrogens (tertiary/aromatic N) is 1. The summed E-state index contributed by atoms with van der Waals surface area (Å²) in [6, 6.07) is 7.44. The van der Waals surface area contributed by atoms with E-state index in [0.717, 1.165) is 23.7 Å². The first-order chi connectivity index (χ1) is 11.0. The smallest absolute Gasteiger partial charge is 0.266 e. The number of aliphatic carboxylic acids is 1. The van der Waals surface area contributed by atoms with Crippen LogP contribution in [-0.4, -0.2) is 34.2 Å². The first-order valence-corrected chi connectivity index (χ1v) is 8.42. The lowest BCUT2D eigenvalue weighted by molar-refractivity contribution is -0.305. The zero-order valence-electron chi connectivity index (χ0n) is 12.6. The Morgan fingerprint density at radius 3 is 2.87 bits per heavy atom. The fourth-order valence-electron chi connectivity index (χ4n) is 1.98. The summed E-state index contributed by atoms with van der Waals surface area (Å²) in [6.45, 7) is 2.64. The maximum Gasteiger partial charge on any atom is 0.266 e. The molecule has 0 radical (unpaired) electrons. The molecule has 1 heterocycles. The molecule has 0 aliphatic carbocycles. The maximum absolute atomic E-state index is 12.4. The lowest BCUT2D eigenvalue weighted by atomic mass is 10.2. The van der Waals surface area contributed by atoms with Crippen LogP contribution in [0.2, 0.25) is 0 Å². The first kappa shape index (κ1) is 17.5. The number of amides is 1. The molecule has 0 unspecified atom stereocenters. The number of thioether (sulfide) groups is 1. The Bertz CT molecular complexity index is 657. The van der Waals surface area contributed by atoms with Crippen molar-refractivity contribution in [1.82, 2.24) is 4.90 Å². The molecule has 1 aromatic rings. The second-order valence-electron chi connectivity index (χ2n) is 4.84. The maximum atomic E-state index is 12.4. The van der Waals surface area contributed by atoms with E-state index in [1.807, 2.05) is 31.2 Å². The predicted molar refractivity (Wildman–Crippen MR) is 91.7 cm³/mol. The van der Waals surface area contributed by atoms with Gasteiger partial charge >= 0.3 is 0 Å². The molecule has 1 aromatic carbocycles. The van der Waals surface area contributed by atoms with Crippen LogP contribution in [0, 0.1) is 0 Å². The van der Waals surface area contributed by atoms with Crippen LogP contribution in [0.1, 0.15) is 25.3 Å². The molecule has 0 atom stereocenters. The van der Waals surface area contributed by atoms with Gasteiger partial charge in [0.05, 0.1) is 11.5 Å². The number of hydrogen-bond donors (Lipinski definition) is 0. The van der Waals surface area contributed by atoms with Gasteiger partial charge in [0.1, 0.15) is 10.1 Å². The molecule has 2 rings (SSSR count). The van der Waals surface area contributed by atoms with E-state index in [2.05, 4.69) is 0 Å². The normalized spacial score (nSPS) is 16.2. The van der Waals surface area contributed by atoms with E-state index in [1.54, 1.807) is 6.08 Å². The van der Waals surface area contributed by atoms with Gasteiger partial charge in [0.25, 0.3) is 5.91 Å². The number of para-hydroxylation sites is 1. The third kappa shape index (κ3) is 4.56. The molecular weight excluding hydrogens is 334 g/mol. The molecule has 1 fully saturated rings. The largest absolute Gasteiger partial charge is 0.550 e. The van der Waals surface area contributed by atoms with Gasteiger partial charge in [-0.15, -0.1) is 0 Å². The van der Waals surface area contributed by atoms with Crippen molar-refractivity contribution in [2.45, 2.75) is 19.8 Å². The zero-order valence-corrected chi connectivity index (χ0v) is 14.2. The van der Waals surface area contributed by atoms with E-state index in [0.29, 0.717) is 21.6 Å². The third-order valence-electron chi connectivity index (χ3n) is 3.08. The minimum absolute atomic E-state index is 0.0261. The van der Waals surface area contributed by atoms with Crippen LogP contribution in [0.5, 0.6) is 5.75 Å². The quantitative estimate of drug-likeness (QED) is 0.552. The minimum Gasteiger partial charge on any atom is -0.550 e. The van der Waals surface area contributed by atoms with Gasteiger partial charge in [-0.05, 0) is 18.6 Å². The SMILES string of the molecule is CCCOc1ccccc1/C=C1\SC(=S)N(CCC(=O)[O-])C1=O. The highest BCUT2D eigenvalue weighted by atomic mass is 32.2. The average Bonchev–Trinajstić information content (AvgIpc) is 2.78. The minimum atomic E-state index is -1.21. The summed E-state index contributed by atoms with van der Waals surface area (Å²) in [5, 5.41) is 10.6. The van der Waals surface area contributed by atoms with Crippen molar-refractivity contribution in [2.24, 2.45) is 0 Å². The van der Waals surface area contributed by atoms with E-state index in [9.17, 15) is 14.7 Å².